The van der Waals surface area contributed by atoms with Crippen LogP contribution in [0.2, 0.25) is 0 Å². The van der Waals surface area contributed by atoms with E-state index in [9.17, 15) is 9.90 Å². The summed E-state index contributed by atoms with van der Waals surface area (Å²) < 4.78 is 5.20. The van der Waals surface area contributed by atoms with E-state index in [4.69, 9.17) is 10.5 Å². The molecule has 0 spiro atoms. The fourth-order valence-electron chi connectivity index (χ4n) is 2.85. The molecule has 2 unspecified atom stereocenters. The second-order valence-electron chi connectivity index (χ2n) is 5.26. The number of hydrogen-bond donors (Lipinski definition) is 3. The molecule has 1 heterocycles. The van der Waals surface area contributed by atoms with E-state index < -0.39 is 6.10 Å². The van der Waals surface area contributed by atoms with E-state index >= 15 is 0 Å². The van der Waals surface area contributed by atoms with Gasteiger partial charge in [-0.15, -0.1) is 0 Å². The fraction of sp³-hybridized carbons (Fsp3) is 0.500. The normalized spacial score (nSPS) is 33.2. The molecule has 19 heavy (non-hydrogen) atoms. The van der Waals surface area contributed by atoms with Gasteiger partial charge in [-0.1, -0.05) is 24.3 Å². The molecule has 5 nitrogen and oxygen atoms in total. The Kier molecular flexibility index (Phi) is 3.26. The predicted molar refractivity (Wildman–Crippen MR) is 69.3 cm³/mol. The zero-order chi connectivity index (χ0) is 13.4. The third kappa shape index (κ3) is 2.25. The number of ether oxygens (including phenoxy) is 1. The molecule has 1 aliphatic carbocycles. The highest BCUT2D eigenvalue weighted by molar-refractivity contribution is 5.80. The Morgan fingerprint density at radius 1 is 1.37 bits per heavy atom. The van der Waals surface area contributed by atoms with Gasteiger partial charge in [0.15, 0.2) is 0 Å². The average Bonchev–Trinajstić information content (AvgIpc) is 2.94. The number of nitrogens with one attached hydrogen (secondary N) is 1. The van der Waals surface area contributed by atoms with Crippen LogP contribution >= 0.6 is 0 Å². The number of fused-ring (bicyclic) bond motifs is 1. The van der Waals surface area contributed by atoms with E-state index in [1.54, 1.807) is 0 Å². The third-order valence-electron chi connectivity index (χ3n) is 3.96. The highest BCUT2D eigenvalue weighted by Gasteiger charge is 2.36. The monoisotopic (exact) mass is 262 g/mol. The lowest BCUT2D eigenvalue weighted by Gasteiger charge is -2.21. The van der Waals surface area contributed by atoms with Gasteiger partial charge in [-0.3, -0.25) is 4.79 Å². The predicted octanol–water partition coefficient (Wildman–Crippen LogP) is -0.265. The highest BCUT2D eigenvalue weighted by atomic mass is 16.5. The van der Waals surface area contributed by atoms with Crippen LogP contribution in [0.5, 0.6) is 0 Å². The molecule has 1 amide bonds. The van der Waals surface area contributed by atoms with Crippen molar-refractivity contribution in [3.8, 4) is 0 Å². The van der Waals surface area contributed by atoms with E-state index in [1.165, 1.54) is 0 Å². The summed E-state index contributed by atoms with van der Waals surface area (Å²) in [7, 11) is 0. The number of nitrogens with two attached hydrogens (primary N) is 1. The van der Waals surface area contributed by atoms with Crippen LogP contribution in [0.3, 0.4) is 0 Å². The van der Waals surface area contributed by atoms with Gasteiger partial charge in [0, 0.05) is 12.5 Å². The number of aliphatic hydroxyl groups excluding tert-OH is 1. The second-order valence-corrected chi connectivity index (χ2v) is 5.26. The molecular formula is C14H18N2O3. The lowest BCUT2D eigenvalue weighted by atomic mass is 10.0. The zero-order valence-electron chi connectivity index (χ0n) is 10.6. The molecule has 5 heteroatoms. The van der Waals surface area contributed by atoms with Crippen molar-refractivity contribution in [3.05, 3.63) is 35.4 Å². The highest BCUT2D eigenvalue weighted by Crippen LogP contribution is 2.31. The van der Waals surface area contributed by atoms with Crippen LogP contribution in [0.25, 0.3) is 0 Å². The Morgan fingerprint density at radius 2 is 2.16 bits per heavy atom. The van der Waals surface area contributed by atoms with E-state index in [2.05, 4.69) is 5.32 Å². The number of amides is 1. The summed E-state index contributed by atoms with van der Waals surface area (Å²) in [5.41, 5.74) is 7.92. The largest absolute Gasteiger partial charge is 0.390 e. The number of rotatable bonds is 2. The maximum atomic E-state index is 12.2. The Balaban J connectivity index is 1.75. The first kappa shape index (κ1) is 12.6. The molecule has 1 fully saturated rings. The zero-order valence-corrected chi connectivity index (χ0v) is 10.6. The molecule has 0 saturated carbocycles. The van der Waals surface area contributed by atoms with Gasteiger partial charge in [-0.05, 0) is 11.1 Å². The fourth-order valence-corrected chi connectivity index (χ4v) is 2.85. The van der Waals surface area contributed by atoms with Crippen molar-refractivity contribution < 1.29 is 14.6 Å². The van der Waals surface area contributed by atoms with Crippen LogP contribution in [0.15, 0.2) is 24.3 Å². The van der Waals surface area contributed by atoms with Gasteiger partial charge in [-0.2, -0.15) is 0 Å². The molecule has 0 bridgehead atoms. The maximum absolute atomic E-state index is 12.2. The van der Waals surface area contributed by atoms with Gasteiger partial charge in [0.25, 0.3) is 0 Å². The summed E-state index contributed by atoms with van der Waals surface area (Å²) in [4.78, 5) is 12.2. The van der Waals surface area contributed by atoms with E-state index in [-0.39, 0.29) is 23.9 Å². The number of carbonyl (C=O) groups is 1. The molecule has 4 N–H and O–H groups in total. The first-order valence-electron chi connectivity index (χ1n) is 6.56. The van der Waals surface area contributed by atoms with Gasteiger partial charge in [-0.25, -0.2) is 0 Å². The van der Waals surface area contributed by atoms with Crippen molar-refractivity contribution in [2.45, 2.75) is 24.6 Å². The molecule has 4 atom stereocenters. The first-order valence-corrected chi connectivity index (χ1v) is 6.56. The molecule has 3 rings (SSSR count). The van der Waals surface area contributed by atoms with Crippen molar-refractivity contribution in [1.82, 2.24) is 5.32 Å². The van der Waals surface area contributed by atoms with Gasteiger partial charge >= 0.3 is 0 Å². The van der Waals surface area contributed by atoms with Crippen molar-refractivity contribution >= 4 is 5.91 Å². The minimum Gasteiger partial charge on any atom is -0.390 e. The lowest BCUT2D eigenvalue weighted by Crippen LogP contribution is -2.44. The standard InChI is InChI=1S/C14H18N2O3/c15-11-7-19-6-10(11)14(18)16-13-9-4-2-1-3-8(9)5-12(13)17/h1-4,10-13,17H,5-7,15H2,(H,16,18)/t10?,11?,12-,13+/m0/s1. The topological polar surface area (TPSA) is 84.6 Å². The summed E-state index contributed by atoms with van der Waals surface area (Å²) in [6.07, 6.45) is 0.00818. The van der Waals surface area contributed by atoms with E-state index in [0.29, 0.717) is 19.6 Å². The van der Waals surface area contributed by atoms with E-state index in [0.717, 1.165) is 11.1 Å². The van der Waals surface area contributed by atoms with Crippen LogP contribution in [-0.4, -0.2) is 36.4 Å². The summed E-state index contributed by atoms with van der Waals surface area (Å²) in [6.45, 7) is 0.777. The van der Waals surface area contributed by atoms with Crippen LogP contribution in [-0.2, 0) is 16.0 Å². The number of benzene rings is 1. The van der Waals surface area contributed by atoms with Crippen LogP contribution < -0.4 is 11.1 Å². The van der Waals surface area contributed by atoms with Crippen molar-refractivity contribution in [1.29, 1.82) is 0 Å². The smallest absolute Gasteiger partial charge is 0.227 e. The van der Waals surface area contributed by atoms with E-state index in [1.807, 2.05) is 24.3 Å². The number of carbonyl (C=O) groups excluding carboxylic acids is 1. The molecule has 1 aromatic rings. The average molecular weight is 262 g/mol. The van der Waals surface area contributed by atoms with Gasteiger partial charge in [0.05, 0.1) is 31.3 Å². The molecule has 0 radical (unpaired) electrons. The molecule has 102 valence electrons. The van der Waals surface area contributed by atoms with Gasteiger partial charge in [0.1, 0.15) is 0 Å². The molecule has 2 aliphatic rings. The number of hydrogen-bond acceptors (Lipinski definition) is 4. The van der Waals surface area contributed by atoms with Crippen LogP contribution in [0.1, 0.15) is 17.2 Å². The van der Waals surface area contributed by atoms with Crippen molar-refractivity contribution in [2.75, 3.05) is 13.2 Å². The molecular weight excluding hydrogens is 244 g/mol. The summed E-state index contributed by atoms with van der Waals surface area (Å²) in [5, 5.41) is 13.0. The quantitative estimate of drug-likeness (QED) is 0.685. The number of aliphatic hydroxyl groups is 1. The lowest BCUT2D eigenvalue weighted by molar-refractivity contribution is -0.126. The second kappa shape index (κ2) is 4.92. The molecule has 1 aliphatic heterocycles. The third-order valence-corrected chi connectivity index (χ3v) is 3.96. The minimum absolute atomic E-state index is 0.134. The first-order chi connectivity index (χ1) is 9.16. The Bertz CT molecular complexity index is 491. The SMILES string of the molecule is NC1COCC1C(=O)N[C@@H]1c2ccccc2C[C@@H]1O. The Morgan fingerprint density at radius 3 is 2.89 bits per heavy atom. The molecule has 0 aromatic heterocycles. The summed E-state index contributed by atoms with van der Waals surface area (Å²) in [6, 6.07) is 7.19. The molecule has 1 saturated heterocycles. The maximum Gasteiger partial charge on any atom is 0.227 e. The Hall–Kier alpha value is -1.43. The van der Waals surface area contributed by atoms with Crippen molar-refractivity contribution in [2.24, 2.45) is 11.7 Å². The minimum atomic E-state index is -0.570. The summed E-state index contributed by atoms with van der Waals surface area (Å²) in [5.74, 6) is -0.453. The summed E-state index contributed by atoms with van der Waals surface area (Å²) >= 11 is 0. The van der Waals surface area contributed by atoms with Gasteiger partial charge < -0.3 is 20.9 Å². The van der Waals surface area contributed by atoms with Gasteiger partial charge in [0.2, 0.25) is 5.91 Å². The van der Waals surface area contributed by atoms with Crippen LogP contribution in [0.4, 0.5) is 0 Å². The van der Waals surface area contributed by atoms with Crippen molar-refractivity contribution in [3.63, 3.8) is 0 Å². The molecule has 1 aromatic carbocycles. The van der Waals surface area contributed by atoms with Crippen LogP contribution in [0, 0.1) is 5.92 Å². The Labute approximate surface area is 111 Å².